The summed E-state index contributed by atoms with van der Waals surface area (Å²) in [5, 5.41) is 12.6. The Labute approximate surface area is 70.7 Å². The largest absolute Gasteiger partial charge is 0.391 e. The minimum atomic E-state index is -0.318. The van der Waals surface area contributed by atoms with Crippen molar-refractivity contribution < 1.29 is 5.11 Å². The Bertz CT molecular complexity index is 252. The Morgan fingerprint density at radius 2 is 2.33 bits per heavy atom. The highest BCUT2D eigenvalue weighted by Gasteiger charge is 2.27. The van der Waals surface area contributed by atoms with Crippen LogP contribution in [0.25, 0.3) is 0 Å². The molecule has 0 aromatic carbocycles. The summed E-state index contributed by atoms with van der Waals surface area (Å²) in [5.74, 6) is 0.110. The quantitative estimate of drug-likeness (QED) is 0.590. The molecular weight excluding hydrogens is 154 g/mol. The first-order chi connectivity index (χ1) is 5.88. The number of aliphatic hydroxyl groups excluding tert-OH is 1. The summed E-state index contributed by atoms with van der Waals surface area (Å²) in [5.41, 5.74) is 0.870. The molecule has 1 aromatic rings. The van der Waals surface area contributed by atoms with E-state index in [0.29, 0.717) is 6.54 Å². The fourth-order valence-corrected chi connectivity index (χ4v) is 1.47. The molecule has 2 rings (SSSR count). The van der Waals surface area contributed by atoms with Gasteiger partial charge in [0, 0.05) is 37.6 Å². The van der Waals surface area contributed by atoms with E-state index >= 15 is 0 Å². The predicted octanol–water partition coefficient (Wildman–Crippen LogP) is -0.476. The molecule has 0 bridgehead atoms. The van der Waals surface area contributed by atoms with Crippen molar-refractivity contribution in [2.75, 3.05) is 13.1 Å². The van der Waals surface area contributed by atoms with Gasteiger partial charge in [-0.3, -0.25) is 9.97 Å². The van der Waals surface area contributed by atoms with E-state index < -0.39 is 0 Å². The zero-order valence-electron chi connectivity index (χ0n) is 6.64. The van der Waals surface area contributed by atoms with Crippen molar-refractivity contribution in [1.82, 2.24) is 15.3 Å². The average Bonchev–Trinajstić information content (AvgIpc) is 2.53. The van der Waals surface area contributed by atoms with E-state index in [1.165, 1.54) is 0 Å². The van der Waals surface area contributed by atoms with E-state index in [1.54, 1.807) is 18.6 Å². The summed E-state index contributed by atoms with van der Waals surface area (Å²) < 4.78 is 0. The summed E-state index contributed by atoms with van der Waals surface area (Å²) >= 11 is 0. The van der Waals surface area contributed by atoms with Crippen LogP contribution in [-0.2, 0) is 0 Å². The first kappa shape index (κ1) is 7.64. The van der Waals surface area contributed by atoms with Crippen LogP contribution in [0.2, 0.25) is 0 Å². The van der Waals surface area contributed by atoms with Gasteiger partial charge < -0.3 is 10.4 Å². The van der Waals surface area contributed by atoms with Crippen LogP contribution in [0.4, 0.5) is 0 Å². The second kappa shape index (κ2) is 3.16. The molecule has 1 saturated heterocycles. The Balaban J connectivity index is 2.19. The molecule has 1 aliphatic heterocycles. The smallest absolute Gasteiger partial charge is 0.0760 e. The molecule has 0 radical (unpaired) electrons. The van der Waals surface area contributed by atoms with Gasteiger partial charge in [0.25, 0.3) is 0 Å². The van der Waals surface area contributed by atoms with E-state index in [2.05, 4.69) is 15.3 Å². The topological polar surface area (TPSA) is 58.0 Å². The lowest BCUT2D eigenvalue weighted by Crippen LogP contribution is -2.17. The molecule has 4 nitrogen and oxygen atoms in total. The minimum Gasteiger partial charge on any atom is -0.391 e. The van der Waals surface area contributed by atoms with Crippen LogP contribution in [0.3, 0.4) is 0 Å². The number of nitrogens with one attached hydrogen (secondary N) is 1. The fourth-order valence-electron chi connectivity index (χ4n) is 1.47. The van der Waals surface area contributed by atoms with Crippen molar-refractivity contribution in [2.24, 2.45) is 0 Å². The van der Waals surface area contributed by atoms with Gasteiger partial charge in [0.05, 0.1) is 11.8 Å². The monoisotopic (exact) mass is 165 g/mol. The molecule has 64 valence electrons. The molecule has 1 aliphatic rings. The number of aliphatic hydroxyl groups is 1. The standard InChI is InChI=1S/C8H11N3O/c12-8-5-10-3-6(8)7-4-9-1-2-11-7/h1-2,4,6,8,10,12H,3,5H2. The summed E-state index contributed by atoms with van der Waals surface area (Å²) in [6.45, 7) is 1.45. The third-order valence-electron chi connectivity index (χ3n) is 2.15. The van der Waals surface area contributed by atoms with Gasteiger partial charge >= 0.3 is 0 Å². The van der Waals surface area contributed by atoms with Gasteiger partial charge in [-0.05, 0) is 0 Å². The second-order valence-electron chi connectivity index (χ2n) is 2.96. The molecule has 1 fully saturated rings. The van der Waals surface area contributed by atoms with E-state index in [9.17, 15) is 5.11 Å². The van der Waals surface area contributed by atoms with Crippen molar-refractivity contribution in [2.45, 2.75) is 12.0 Å². The normalized spacial score (nSPS) is 29.1. The van der Waals surface area contributed by atoms with Crippen LogP contribution in [0.5, 0.6) is 0 Å². The SMILES string of the molecule is OC1CNCC1c1cnccn1. The van der Waals surface area contributed by atoms with Gasteiger partial charge in [0.1, 0.15) is 0 Å². The van der Waals surface area contributed by atoms with Gasteiger partial charge in [-0.2, -0.15) is 0 Å². The zero-order chi connectivity index (χ0) is 8.39. The Morgan fingerprint density at radius 1 is 1.42 bits per heavy atom. The Hall–Kier alpha value is -1.00. The molecule has 4 heteroatoms. The number of aromatic nitrogens is 2. The maximum absolute atomic E-state index is 9.51. The lowest BCUT2D eigenvalue weighted by Gasteiger charge is -2.10. The van der Waals surface area contributed by atoms with Gasteiger partial charge in [-0.15, -0.1) is 0 Å². The van der Waals surface area contributed by atoms with Crippen LogP contribution in [0.1, 0.15) is 11.6 Å². The highest BCUT2D eigenvalue weighted by molar-refractivity contribution is 5.09. The van der Waals surface area contributed by atoms with Crippen LogP contribution >= 0.6 is 0 Å². The Kier molecular flexibility index (Phi) is 2.01. The lowest BCUT2D eigenvalue weighted by molar-refractivity contribution is 0.176. The number of hydrogen-bond donors (Lipinski definition) is 2. The molecule has 0 saturated carbocycles. The molecule has 2 atom stereocenters. The van der Waals surface area contributed by atoms with Crippen molar-refractivity contribution in [1.29, 1.82) is 0 Å². The molecule has 2 heterocycles. The van der Waals surface area contributed by atoms with Crippen LogP contribution in [0, 0.1) is 0 Å². The summed E-state index contributed by atoms with van der Waals surface area (Å²) in [4.78, 5) is 8.11. The highest BCUT2D eigenvalue weighted by atomic mass is 16.3. The average molecular weight is 165 g/mol. The van der Waals surface area contributed by atoms with Gasteiger partial charge in [0.2, 0.25) is 0 Å². The number of β-amino-alcohol motifs (C(OH)–C–C–N with tert-alkyl or cyclic N) is 1. The zero-order valence-corrected chi connectivity index (χ0v) is 6.64. The molecule has 0 amide bonds. The predicted molar refractivity (Wildman–Crippen MR) is 43.6 cm³/mol. The number of rotatable bonds is 1. The first-order valence-electron chi connectivity index (χ1n) is 4.02. The van der Waals surface area contributed by atoms with Crippen LogP contribution < -0.4 is 5.32 Å². The fraction of sp³-hybridized carbons (Fsp3) is 0.500. The molecule has 1 aromatic heterocycles. The van der Waals surface area contributed by atoms with Crippen LogP contribution in [0.15, 0.2) is 18.6 Å². The maximum atomic E-state index is 9.51. The van der Waals surface area contributed by atoms with Crippen molar-refractivity contribution >= 4 is 0 Å². The van der Waals surface area contributed by atoms with E-state index in [1.807, 2.05) is 0 Å². The molecule has 12 heavy (non-hydrogen) atoms. The second-order valence-corrected chi connectivity index (χ2v) is 2.96. The molecule has 2 N–H and O–H groups in total. The van der Waals surface area contributed by atoms with Gasteiger partial charge in [-0.1, -0.05) is 0 Å². The van der Waals surface area contributed by atoms with Crippen LogP contribution in [-0.4, -0.2) is 34.3 Å². The van der Waals surface area contributed by atoms with Crippen molar-refractivity contribution in [3.05, 3.63) is 24.3 Å². The molecule has 0 aliphatic carbocycles. The number of nitrogens with zero attached hydrogens (tertiary/aromatic N) is 2. The highest BCUT2D eigenvalue weighted by Crippen LogP contribution is 2.19. The summed E-state index contributed by atoms with van der Waals surface area (Å²) in [7, 11) is 0. The minimum absolute atomic E-state index is 0.110. The van der Waals surface area contributed by atoms with Gasteiger partial charge in [0.15, 0.2) is 0 Å². The van der Waals surface area contributed by atoms with Crippen molar-refractivity contribution in [3.63, 3.8) is 0 Å². The van der Waals surface area contributed by atoms with E-state index in [0.717, 1.165) is 12.2 Å². The van der Waals surface area contributed by atoms with E-state index in [4.69, 9.17) is 0 Å². The third-order valence-corrected chi connectivity index (χ3v) is 2.15. The number of hydrogen-bond acceptors (Lipinski definition) is 4. The molecular formula is C8H11N3O. The molecule has 2 unspecified atom stereocenters. The first-order valence-corrected chi connectivity index (χ1v) is 4.02. The summed E-state index contributed by atoms with van der Waals surface area (Å²) in [6.07, 6.45) is 4.68. The van der Waals surface area contributed by atoms with E-state index in [-0.39, 0.29) is 12.0 Å². The lowest BCUT2D eigenvalue weighted by atomic mass is 10.0. The third kappa shape index (κ3) is 1.31. The molecule has 0 spiro atoms. The summed E-state index contributed by atoms with van der Waals surface area (Å²) in [6, 6.07) is 0. The maximum Gasteiger partial charge on any atom is 0.0760 e. The van der Waals surface area contributed by atoms with Crippen molar-refractivity contribution in [3.8, 4) is 0 Å². The Morgan fingerprint density at radius 3 is 2.92 bits per heavy atom. The van der Waals surface area contributed by atoms with Gasteiger partial charge in [-0.25, -0.2) is 0 Å².